The first kappa shape index (κ1) is 11.8. The van der Waals surface area contributed by atoms with Crippen LogP contribution in [0.25, 0.3) is 0 Å². The van der Waals surface area contributed by atoms with Gasteiger partial charge in [0.15, 0.2) is 0 Å². The molecule has 0 fully saturated rings. The van der Waals surface area contributed by atoms with Crippen molar-refractivity contribution in [3.8, 4) is 12.5 Å². The van der Waals surface area contributed by atoms with Gasteiger partial charge >= 0.3 is 23.4 Å². The fourth-order valence-corrected chi connectivity index (χ4v) is 5.53. The molecule has 0 aliphatic carbocycles. The van der Waals surface area contributed by atoms with E-state index >= 15 is 0 Å². The maximum atomic E-state index is 13.0. The molecule has 0 radical (unpaired) electrons. The van der Waals surface area contributed by atoms with Gasteiger partial charge in [0.05, 0.1) is 0 Å². The molecule has 1 atom stereocenters. The molecule has 1 aliphatic heterocycles. The predicted octanol–water partition coefficient (Wildman–Crippen LogP) is 5.29. The Labute approximate surface area is 75.9 Å². The number of hydrogen-bond acceptors (Lipinski definition) is 4. The third-order valence-electron chi connectivity index (χ3n) is 0.820. The quantitative estimate of drug-likeness (QED) is 0.363. The maximum absolute atomic E-state index is 13.0. The van der Waals surface area contributed by atoms with E-state index in [4.69, 9.17) is 0 Å². The highest BCUT2D eigenvalue weighted by Crippen LogP contribution is 2.81. The van der Waals surface area contributed by atoms with Crippen LogP contribution in [0.5, 0.6) is 0 Å². The molecule has 0 bridgehead atoms. The highest BCUT2D eigenvalue weighted by molar-refractivity contribution is 7.77. The first-order valence-electron chi connectivity index (χ1n) is 2.72. The van der Waals surface area contributed by atoms with Gasteiger partial charge in [-0.2, -0.15) is 0 Å². The second-order valence-electron chi connectivity index (χ2n) is 1.86. The molecule has 1 unspecified atom stereocenters. The molecule has 0 saturated carbocycles. The van der Waals surface area contributed by atoms with Crippen LogP contribution in [0, 0.1) is 12.5 Å². The average Bonchev–Trinajstić information content (AvgIpc) is 1.75. The maximum Gasteiger partial charge on any atom is 0.450 e. The molecule has 80 valence electrons. The molecule has 1 aliphatic rings. The summed E-state index contributed by atoms with van der Waals surface area (Å²) in [5.41, 5.74) is 0. The van der Waals surface area contributed by atoms with Gasteiger partial charge in [0.1, 0.15) is 6.11 Å². The van der Waals surface area contributed by atoms with E-state index in [-0.39, 0.29) is 0 Å². The van der Waals surface area contributed by atoms with Gasteiger partial charge in [-0.15, -0.1) is 34.5 Å². The molecule has 12 heteroatoms. The van der Waals surface area contributed by atoms with Crippen LogP contribution in [0.15, 0.2) is 13.5 Å². The second-order valence-corrected chi connectivity index (χ2v) is 6.96. The molecular formula is C2HF5N3OP3. The number of rotatable bonds is 1. The summed E-state index contributed by atoms with van der Waals surface area (Å²) in [6.45, 7) is 0. The van der Waals surface area contributed by atoms with E-state index in [9.17, 15) is 21.0 Å². The summed E-state index contributed by atoms with van der Waals surface area (Å²) < 4.78 is 72.3. The van der Waals surface area contributed by atoms with E-state index in [1.54, 1.807) is 4.52 Å². The van der Waals surface area contributed by atoms with Gasteiger partial charge in [0.25, 0.3) is 0 Å². The Morgan fingerprint density at radius 2 is 1.43 bits per heavy atom. The largest absolute Gasteiger partial charge is 0.450 e. The predicted molar refractivity (Wildman–Crippen MR) is 43.5 cm³/mol. The van der Waals surface area contributed by atoms with Crippen molar-refractivity contribution in [2.45, 2.75) is 0 Å². The fourth-order valence-electron chi connectivity index (χ4n) is 0.552. The van der Waals surface area contributed by atoms with Gasteiger partial charge in [-0.1, -0.05) is 6.42 Å². The monoisotopic (exact) mass is 271 g/mol. The molecule has 4 nitrogen and oxygen atoms in total. The molecule has 1 heterocycles. The van der Waals surface area contributed by atoms with Crippen molar-refractivity contribution in [3.63, 3.8) is 0 Å². The molecule has 0 aromatic heterocycles. The molecular weight excluding hydrogens is 270 g/mol. The molecule has 1 rings (SSSR count). The third-order valence-corrected chi connectivity index (χ3v) is 6.37. The van der Waals surface area contributed by atoms with Crippen LogP contribution in [0.1, 0.15) is 0 Å². The normalized spacial score (nSPS) is 32.9. The van der Waals surface area contributed by atoms with E-state index < -0.39 is 23.4 Å². The van der Waals surface area contributed by atoms with E-state index in [1.807, 2.05) is 0 Å². The lowest BCUT2D eigenvalue weighted by Gasteiger charge is -2.13. The minimum absolute atomic E-state index is 1.17. The zero-order valence-electron chi connectivity index (χ0n) is 6.06. The van der Waals surface area contributed by atoms with Crippen molar-refractivity contribution >= 4 is 23.4 Å². The van der Waals surface area contributed by atoms with Gasteiger partial charge < -0.3 is 4.52 Å². The van der Waals surface area contributed by atoms with Gasteiger partial charge in [-0.3, -0.25) is 0 Å². The van der Waals surface area contributed by atoms with Crippen molar-refractivity contribution in [1.29, 1.82) is 0 Å². The van der Waals surface area contributed by atoms with Crippen LogP contribution < -0.4 is 0 Å². The van der Waals surface area contributed by atoms with Gasteiger partial charge in [-0.05, 0) is 0 Å². The topological polar surface area (TPSA) is 46.3 Å². The molecule has 0 N–H and O–H groups in total. The Balaban J connectivity index is 3.42. The fraction of sp³-hybridized carbons (Fsp3) is 0. The summed E-state index contributed by atoms with van der Waals surface area (Å²) >= 11 is 0. The van der Waals surface area contributed by atoms with Gasteiger partial charge in [0, 0.05) is 0 Å². The first-order chi connectivity index (χ1) is 6.18. The van der Waals surface area contributed by atoms with Crippen molar-refractivity contribution < 1.29 is 25.5 Å². The lowest BCUT2D eigenvalue weighted by molar-refractivity contribution is 0.517. The Kier molecular flexibility index (Phi) is 2.84. The number of nitrogens with zero attached hydrogens (tertiary/aromatic N) is 3. The Bertz CT molecular complexity index is 444. The second kappa shape index (κ2) is 3.37. The number of hydrogen-bond donors (Lipinski definition) is 0. The summed E-state index contributed by atoms with van der Waals surface area (Å²) in [6, 6.07) is 0. The minimum Gasteiger partial charge on any atom is -0.365 e. The SMILES string of the molecule is C#COP1(F)=NP(F)(F)=NP(F)(F)=N1. The van der Waals surface area contributed by atoms with Gasteiger partial charge in [0.2, 0.25) is 0 Å². The number of halogens is 5. The Morgan fingerprint density at radius 3 is 1.86 bits per heavy atom. The average molecular weight is 271 g/mol. The first-order valence-corrected chi connectivity index (χ1v) is 7.18. The zero-order valence-corrected chi connectivity index (χ0v) is 8.74. The van der Waals surface area contributed by atoms with Gasteiger partial charge in [-0.25, -0.2) is 0 Å². The molecule has 0 saturated heterocycles. The van der Waals surface area contributed by atoms with E-state index in [2.05, 4.69) is 20.0 Å². The zero-order chi connectivity index (χ0) is 11.0. The summed E-state index contributed by atoms with van der Waals surface area (Å²) in [6.07, 6.45) is 5.59. The summed E-state index contributed by atoms with van der Waals surface area (Å²) in [5, 5.41) is 0. The molecule has 14 heavy (non-hydrogen) atoms. The molecule has 0 aromatic rings. The Hall–Kier alpha value is -0.300. The van der Waals surface area contributed by atoms with Crippen LogP contribution >= 0.6 is 23.4 Å². The van der Waals surface area contributed by atoms with E-state index in [0.29, 0.717) is 0 Å². The Morgan fingerprint density at radius 1 is 0.929 bits per heavy atom. The third kappa shape index (κ3) is 2.84. The van der Waals surface area contributed by atoms with Crippen molar-refractivity contribution in [1.82, 2.24) is 0 Å². The summed E-state index contributed by atoms with van der Waals surface area (Å²) in [7, 11) is -16.5. The highest BCUT2D eigenvalue weighted by Gasteiger charge is 2.40. The molecule has 0 amide bonds. The lowest BCUT2D eigenvalue weighted by Crippen LogP contribution is -1.76. The van der Waals surface area contributed by atoms with Crippen LogP contribution in [0.2, 0.25) is 0 Å². The number of terminal acetylenes is 1. The van der Waals surface area contributed by atoms with Crippen LogP contribution in [0.3, 0.4) is 0 Å². The van der Waals surface area contributed by atoms with Crippen LogP contribution in [-0.4, -0.2) is 0 Å². The summed E-state index contributed by atoms with van der Waals surface area (Å²) in [5.74, 6) is 0. The van der Waals surface area contributed by atoms with E-state index in [1.165, 1.54) is 6.11 Å². The standard InChI is InChI=1S/C2HF5N3OP3/c1-2-11-14(7)9-12(3,4)8-13(5,6)10-14/h1H. The van der Waals surface area contributed by atoms with E-state index in [0.717, 1.165) is 0 Å². The van der Waals surface area contributed by atoms with Crippen LogP contribution in [-0.2, 0) is 4.52 Å². The molecule has 0 aromatic carbocycles. The van der Waals surface area contributed by atoms with Crippen molar-refractivity contribution in [3.05, 3.63) is 0 Å². The summed E-state index contributed by atoms with van der Waals surface area (Å²) in [4.78, 5) is 0. The lowest BCUT2D eigenvalue weighted by atomic mass is 11.3. The minimum atomic E-state index is -5.70. The highest BCUT2D eigenvalue weighted by atomic mass is 31.3. The van der Waals surface area contributed by atoms with Crippen LogP contribution in [0.4, 0.5) is 21.0 Å². The molecule has 0 spiro atoms. The van der Waals surface area contributed by atoms with Crippen molar-refractivity contribution in [2.75, 3.05) is 0 Å². The smallest absolute Gasteiger partial charge is 0.365 e. The van der Waals surface area contributed by atoms with Crippen molar-refractivity contribution in [2.24, 2.45) is 13.5 Å².